The summed E-state index contributed by atoms with van der Waals surface area (Å²) in [5.41, 5.74) is 0.874. The van der Waals surface area contributed by atoms with Gasteiger partial charge in [-0.25, -0.2) is 4.98 Å². The number of aromatic amines is 1. The molecular formula is C15H22N4O2S. The number of amides is 1. The summed E-state index contributed by atoms with van der Waals surface area (Å²) >= 11 is 1.52. The van der Waals surface area contributed by atoms with Crippen LogP contribution in [0.15, 0.2) is 4.79 Å². The molecule has 0 aliphatic rings. The molecule has 2 aromatic heterocycles. The maximum absolute atomic E-state index is 12.1. The normalized spacial score (nSPS) is 11.0. The number of aromatic nitrogens is 2. The monoisotopic (exact) mass is 322 g/mol. The predicted molar refractivity (Wildman–Crippen MR) is 89.6 cm³/mol. The average molecular weight is 322 g/mol. The van der Waals surface area contributed by atoms with Crippen LogP contribution < -0.4 is 16.2 Å². The topological polar surface area (TPSA) is 86.9 Å². The van der Waals surface area contributed by atoms with Crippen LogP contribution >= 0.6 is 11.3 Å². The number of H-pyrrole nitrogens is 1. The van der Waals surface area contributed by atoms with Gasteiger partial charge in [0.2, 0.25) is 5.91 Å². The first-order valence-electron chi connectivity index (χ1n) is 7.43. The minimum Gasteiger partial charge on any atom is -0.356 e. The highest BCUT2D eigenvalue weighted by Gasteiger charge is 2.12. The van der Waals surface area contributed by atoms with Crippen molar-refractivity contribution in [3.8, 4) is 0 Å². The first kappa shape index (κ1) is 16.6. The zero-order valence-corrected chi connectivity index (χ0v) is 14.0. The van der Waals surface area contributed by atoms with E-state index in [1.807, 2.05) is 20.9 Å². The van der Waals surface area contributed by atoms with Crippen LogP contribution in [0, 0.1) is 13.8 Å². The first-order valence-corrected chi connectivity index (χ1v) is 8.24. The number of carbonyl (C=O) groups is 1. The molecule has 0 spiro atoms. The Kier molecular flexibility index (Phi) is 5.68. The molecule has 1 amide bonds. The van der Waals surface area contributed by atoms with Gasteiger partial charge in [-0.1, -0.05) is 0 Å². The van der Waals surface area contributed by atoms with Crippen molar-refractivity contribution in [2.75, 3.05) is 20.1 Å². The van der Waals surface area contributed by atoms with Gasteiger partial charge in [0, 0.05) is 24.3 Å². The zero-order valence-electron chi connectivity index (χ0n) is 13.2. The van der Waals surface area contributed by atoms with E-state index in [0.29, 0.717) is 30.6 Å². The predicted octanol–water partition coefficient (Wildman–Crippen LogP) is 1.26. The first-order chi connectivity index (χ1) is 10.5. The number of hydrogen-bond acceptors (Lipinski definition) is 5. The van der Waals surface area contributed by atoms with Crippen LogP contribution in [0.5, 0.6) is 0 Å². The maximum atomic E-state index is 12.1. The van der Waals surface area contributed by atoms with Crippen molar-refractivity contribution < 1.29 is 4.79 Å². The standard InChI is InChI=1S/C15H22N4O2S/c1-9-10(2)22-15-13(9)14(21)18-11(19-15)5-6-12(20)17-8-4-7-16-3/h16H,4-8H2,1-3H3,(H,17,20)(H,18,19,21). The van der Waals surface area contributed by atoms with E-state index >= 15 is 0 Å². The van der Waals surface area contributed by atoms with E-state index in [1.165, 1.54) is 11.3 Å². The number of nitrogens with one attached hydrogen (secondary N) is 3. The second kappa shape index (κ2) is 7.51. The lowest BCUT2D eigenvalue weighted by Gasteiger charge is -2.05. The summed E-state index contributed by atoms with van der Waals surface area (Å²) in [5.74, 6) is 0.557. The third-order valence-corrected chi connectivity index (χ3v) is 4.70. The fourth-order valence-electron chi connectivity index (χ4n) is 2.23. The summed E-state index contributed by atoms with van der Waals surface area (Å²) in [4.78, 5) is 33.0. The Labute approximate surface area is 133 Å². The molecule has 2 rings (SSSR count). The lowest BCUT2D eigenvalue weighted by molar-refractivity contribution is -0.121. The molecule has 0 saturated carbocycles. The molecule has 0 bridgehead atoms. The number of hydrogen-bond donors (Lipinski definition) is 3. The fourth-order valence-corrected chi connectivity index (χ4v) is 3.28. The molecule has 0 fully saturated rings. The van der Waals surface area contributed by atoms with E-state index in [1.54, 1.807) is 0 Å². The quantitative estimate of drug-likeness (QED) is 0.670. The van der Waals surface area contributed by atoms with E-state index < -0.39 is 0 Å². The summed E-state index contributed by atoms with van der Waals surface area (Å²) in [6.07, 6.45) is 1.67. The van der Waals surface area contributed by atoms with Crippen LogP contribution in [-0.4, -0.2) is 36.0 Å². The van der Waals surface area contributed by atoms with E-state index in [0.717, 1.165) is 28.2 Å². The maximum Gasteiger partial charge on any atom is 0.259 e. The van der Waals surface area contributed by atoms with Crippen LogP contribution in [0.4, 0.5) is 0 Å². The molecule has 22 heavy (non-hydrogen) atoms. The van der Waals surface area contributed by atoms with Gasteiger partial charge in [0.1, 0.15) is 10.7 Å². The van der Waals surface area contributed by atoms with Crippen molar-refractivity contribution in [2.24, 2.45) is 0 Å². The molecular weight excluding hydrogens is 300 g/mol. The summed E-state index contributed by atoms with van der Waals surface area (Å²) in [7, 11) is 1.88. The third-order valence-electron chi connectivity index (χ3n) is 3.60. The Morgan fingerprint density at radius 1 is 1.32 bits per heavy atom. The van der Waals surface area contributed by atoms with Crippen LogP contribution in [0.3, 0.4) is 0 Å². The van der Waals surface area contributed by atoms with Crippen LogP contribution in [0.25, 0.3) is 10.2 Å². The van der Waals surface area contributed by atoms with Crippen molar-refractivity contribution in [3.05, 3.63) is 26.6 Å². The minimum absolute atomic E-state index is 0.0163. The van der Waals surface area contributed by atoms with E-state index in [2.05, 4.69) is 20.6 Å². The van der Waals surface area contributed by atoms with Crippen LogP contribution in [-0.2, 0) is 11.2 Å². The molecule has 0 aliphatic heterocycles. The van der Waals surface area contributed by atoms with Gasteiger partial charge in [-0.3, -0.25) is 9.59 Å². The van der Waals surface area contributed by atoms with Crippen molar-refractivity contribution in [1.82, 2.24) is 20.6 Å². The highest BCUT2D eigenvalue weighted by molar-refractivity contribution is 7.18. The molecule has 3 N–H and O–H groups in total. The molecule has 0 radical (unpaired) electrons. The number of rotatable bonds is 7. The highest BCUT2D eigenvalue weighted by Crippen LogP contribution is 2.25. The third kappa shape index (κ3) is 3.92. The van der Waals surface area contributed by atoms with Gasteiger partial charge in [0.15, 0.2) is 0 Å². The molecule has 120 valence electrons. The minimum atomic E-state index is -0.115. The number of aryl methyl sites for hydroxylation is 3. The van der Waals surface area contributed by atoms with E-state index in [9.17, 15) is 9.59 Å². The van der Waals surface area contributed by atoms with Gasteiger partial charge in [-0.15, -0.1) is 11.3 Å². The largest absolute Gasteiger partial charge is 0.356 e. The van der Waals surface area contributed by atoms with Crippen molar-refractivity contribution >= 4 is 27.5 Å². The number of fused-ring (bicyclic) bond motifs is 1. The summed E-state index contributed by atoms with van der Waals surface area (Å²) in [6.45, 7) is 5.46. The van der Waals surface area contributed by atoms with E-state index in [4.69, 9.17) is 0 Å². The average Bonchev–Trinajstić information content (AvgIpc) is 2.77. The number of thiophene rings is 1. The molecule has 2 aromatic rings. The van der Waals surface area contributed by atoms with Crippen molar-refractivity contribution in [2.45, 2.75) is 33.1 Å². The van der Waals surface area contributed by atoms with Gasteiger partial charge in [-0.05, 0) is 39.4 Å². The van der Waals surface area contributed by atoms with Crippen LogP contribution in [0.2, 0.25) is 0 Å². The Morgan fingerprint density at radius 3 is 2.82 bits per heavy atom. The second-order valence-corrected chi connectivity index (χ2v) is 6.49. The number of nitrogens with zero attached hydrogens (tertiary/aromatic N) is 1. The Bertz CT molecular complexity index is 720. The molecule has 6 nitrogen and oxygen atoms in total. The molecule has 0 atom stereocenters. The lowest BCUT2D eigenvalue weighted by Crippen LogP contribution is -2.27. The summed E-state index contributed by atoms with van der Waals surface area (Å²) in [5, 5.41) is 6.55. The van der Waals surface area contributed by atoms with Crippen molar-refractivity contribution in [3.63, 3.8) is 0 Å². The highest BCUT2D eigenvalue weighted by atomic mass is 32.1. The molecule has 0 saturated heterocycles. The van der Waals surface area contributed by atoms with Gasteiger partial charge < -0.3 is 15.6 Å². The van der Waals surface area contributed by atoms with Crippen molar-refractivity contribution in [1.29, 1.82) is 0 Å². The molecule has 0 aliphatic carbocycles. The van der Waals surface area contributed by atoms with Gasteiger partial charge in [-0.2, -0.15) is 0 Å². The van der Waals surface area contributed by atoms with Crippen LogP contribution in [0.1, 0.15) is 29.1 Å². The molecule has 0 aromatic carbocycles. The van der Waals surface area contributed by atoms with Gasteiger partial charge in [0.05, 0.1) is 5.39 Å². The fraction of sp³-hybridized carbons (Fsp3) is 0.533. The zero-order chi connectivity index (χ0) is 16.1. The SMILES string of the molecule is CNCCCNC(=O)CCc1nc2sc(C)c(C)c2c(=O)[nH]1. The molecule has 0 unspecified atom stereocenters. The lowest BCUT2D eigenvalue weighted by atomic mass is 10.2. The summed E-state index contributed by atoms with van der Waals surface area (Å²) < 4.78 is 0. The smallest absolute Gasteiger partial charge is 0.259 e. The van der Waals surface area contributed by atoms with Gasteiger partial charge in [0.25, 0.3) is 5.56 Å². The Balaban J connectivity index is 1.98. The van der Waals surface area contributed by atoms with E-state index in [-0.39, 0.29) is 11.5 Å². The number of carbonyl (C=O) groups excluding carboxylic acids is 1. The second-order valence-electron chi connectivity index (χ2n) is 5.28. The molecule has 2 heterocycles. The molecule has 7 heteroatoms. The Morgan fingerprint density at radius 2 is 2.09 bits per heavy atom. The Hall–Kier alpha value is -1.73. The van der Waals surface area contributed by atoms with Gasteiger partial charge >= 0.3 is 0 Å². The summed E-state index contributed by atoms with van der Waals surface area (Å²) in [6, 6.07) is 0.